The molecule has 0 saturated carbocycles. The lowest BCUT2D eigenvalue weighted by molar-refractivity contribution is 0.280. The Morgan fingerprint density at radius 2 is 1.02 bits per heavy atom. The highest BCUT2D eigenvalue weighted by molar-refractivity contribution is 5.71. The first-order valence-corrected chi connectivity index (χ1v) is 15.0. The molecule has 224 valence electrons. The van der Waals surface area contributed by atoms with Crippen molar-refractivity contribution in [1.82, 2.24) is 0 Å². The highest BCUT2D eigenvalue weighted by atomic mass is 16.5. The van der Waals surface area contributed by atoms with Crippen LogP contribution in [-0.4, -0.2) is 24.4 Å². The molecule has 2 N–H and O–H groups in total. The first-order chi connectivity index (χ1) is 22.1. The summed E-state index contributed by atoms with van der Waals surface area (Å²) >= 11 is 0. The zero-order chi connectivity index (χ0) is 31.2. The quantitative estimate of drug-likeness (QED) is 0.156. The van der Waals surface area contributed by atoms with E-state index in [1.807, 2.05) is 72.8 Å². The van der Waals surface area contributed by atoms with E-state index < -0.39 is 0 Å². The van der Waals surface area contributed by atoms with E-state index in [-0.39, 0.29) is 19.1 Å². The van der Waals surface area contributed by atoms with Gasteiger partial charge in [-0.2, -0.15) is 0 Å². The summed E-state index contributed by atoms with van der Waals surface area (Å²) in [5.41, 5.74) is 11.3. The van der Waals surface area contributed by atoms with E-state index in [1.165, 1.54) is 0 Å². The van der Waals surface area contributed by atoms with Crippen molar-refractivity contribution < 1.29 is 19.7 Å². The van der Waals surface area contributed by atoms with Crippen LogP contribution in [0.15, 0.2) is 140 Å². The van der Waals surface area contributed by atoms with Crippen LogP contribution in [-0.2, 0) is 13.2 Å². The number of methoxy groups -OCH3 is 2. The fourth-order valence-corrected chi connectivity index (χ4v) is 5.94. The van der Waals surface area contributed by atoms with E-state index in [9.17, 15) is 10.2 Å². The molecule has 1 unspecified atom stereocenters. The van der Waals surface area contributed by atoms with Crippen molar-refractivity contribution in [2.45, 2.75) is 19.1 Å². The SMILES string of the molecule is COc1ccc(-c2ccc(OC)c(C(c3ccc(-c4ccccc4)cc3)c3cc(-c4ccc(CO)cc4)ccc3CO)c2)cc1. The number of hydrogen-bond acceptors (Lipinski definition) is 4. The van der Waals surface area contributed by atoms with Crippen molar-refractivity contribution in [2.75, 3.05) is 14.2 Å². The zero-order valence-corrected chi connectivity index (χ0v) is 25.5. The van der Waals surface area contributed by atoms with Gasteiger partial charge in [0.15, 0.2) is 0 Å². The van der Waals surface area contributed by atoms with Crippen LogP contribution in [0, 0.1) is 0 Å². The second-order valence-electron chi connectivity index (χ2n) is 11.0. The largest absolute Gasteiger partial charge is 0.497 e. The molecule has 1 atom stereocenters. The summed E-state index contributed by atoms with van der Waals surface area (Å²) < 4.78 is 11.4. The van der Waals surface area contributed by atoms with Gasteiger partial charge >= 0.3 is 0 Å². The van der Waals surface area contributed by atoms with Gasteiger partial charge in [-0.25, -0.2) is 0 Å². The van der Waals surface area contributed by atoms with Crippen molar-refractivity contribution in [2.24, 2.45) is 0 Å². The number of rotatable bonds is 10. The molecule has 0 aliphatic rings. The Balaban J connectivity index is 1.54. The number of benzene rings is 6. The van der Waals surface area contributed by atoms with E-state index in [0.29, 0.717) is 0 Å². The molecule has 0 amide bonds. The lowest BCUT2D eigenvalue weighted by atomic mass is 9.80. The van der Waals surface area contributed by atoms with Crippen LogP contribution in [0.25, 0.3) is 33.4 Å². The van der Waals surface area contributed by atoms with Gasteiger partial charge in [0, 0.05) is 11.5 Å². The maximum Gasteiger partial charge on any atom is 0.123 e. The third-order valence-electron chi connectivity index (χ3n) is 8.41. The van der Waals surface area contributed by atoms with Gasteiger partial charge in [-0.15, -0.1) is 0 Å². The topological polar surface area (TPSA) is 58.9 Å². The average Bonchev–Trinajstić information content (AvgIpc) is 3.12. The third-order valence-corrected chi connectivity index (χ3v) is 8.41. The fraction of sp³-hybridized carbons (Fsp3) is 0.122. The maximum absolute atomic E-state index is 10.6. The summed E-state index contributed by atoms with van der Waals surface area (Å²) in [6.07, 6.45) is 0. The standard InChI is InChI=1S/C41H36O4/c1-44-37-21-18-32(19-22-37)35-20-23-40(45-2)39(25-35)41(33-14-12-30(13-15-33)29-6-4-3-5-7-29)38-24-34(16-17-36(38)27-43)31-10-8-28(26-42)9-11-31/h3-25,41-43H,26-27H2,1-2H3. The number of ether oxygens (including phenoxy) is 2. The van der Waals surface area contributed by atoms with Crippen molar-refractivity contribution >= 4 is 0 Å². The molecule has 4 nitrogen and oxygen atoms in total. The molecule has 0 aliphatic heterocycles. The van der Waals surface area contributed by atoms with E-state index in [4.69, 9.17) is 9.47 Å². The lowest BCUT2D eigenvalue weighted by Gasteiger charge is -2.25. The molecule has 0 spiro atoms. The molecule has 4 heteroatoms. The smallest absolute Gasteiger partial charge is 0.123 e. The van der Waals surface area contributed by atoms with Crippen LogP contribution < -0.4 is 9.47 Å². The normalized spacial score (nSPS) is 11.6. The van der Waals surface area contributed by atoms with Gasteiger partial charge in [0.05, 0.1) is 27.4 Å². The molecule has 0 saturated heterocycles. The Kier molecular flexibility index (Phi) is 9.06. The van der Waals surface area contributed by atoms with Gasteiger partial charge in [-0.1, -0.05) is 109 Å². The molecule has 0 heterocycles. The zero-order valence-electron chi connectivity index (χ0n) is 25.5. The first-order valence-electron chi connectivity index (χ1n) is 15.0. The molecule has 6 aromatic carbocycles. The van der Waals surface area contributed by atoms with Gasteiger partial charge in [0.25, 0.3) is 0 Å². The van der Waals surface area contributed by atoms with Crippen molar-refractivity contribution in [3.05, 3.63) is 167 Å². The Morgan fingerprint density at radius 3 is 1.62 bits per heavy atom. The van der Waals surface area contributed by atoms with Crippen LogP contribution in [0.3, 0.4) is 0 Å². The molecule has 0 aliphatic carbocycles. The maximum atomic E-state index is 10.6. The fourth-order valence-electron chi connectivity index (χ4n) is 5.94. The van der Waals surface area contributed by atoms with Crippen LogP contribution >= 0.6 is 0 Å². The summed E-state index contributed by atoms with van der Waals surface area (Å²) in [7, 11) is 3.37. The van der Waals surface area contributed by atoms with E-state index >= 15 is 0 Å². The summed E-state index contributed by atoms with van der Waals surface area (Å²) in [6.45, 7) is -0.0987. The number of aliphatic hydroxyl groups is 2. The second kappa shape index (κ2) is 13.6. The van der Waals surface area contributed by atoms with Gasteiger partial charge in [-0.05, 0) is 86.0 Å². The monoisotopic (exact) mass is 592 g/mol. The minimum atomic E-state index is -0.234. The van der Waals surface area contributed by atoms with Crippen molar-refractivity contribution in [3.63, 3.8) is 0 Å². The predicted molar refractivity (Wildman–Crippen MR) is 182 cm³/mol. The Hall–Kier alpha value is -5.16. The molecule has 0 fully saturated rings. The molecule has 0 aromatic heterocycles. The molecule has 0 radical (unpaired) electrons. The summed E-state index contributed by atoms with van der Waals surface area (Å²) in [4.78, 5) is 0. The van der Waals surface area contributed by atoms with Gasteiger partial charge in [0.2, 0.25) is 0 Å². The average molecular weight is 593 g/mol. The third kappa shape index (κ3) is 6.39. The van der Waals surface area contributed by atoms with Crippen molar-refractivity contribution in [3.8, 4) is 44.9 Å². The summed E-state index contributed by atoms with van der Waals surface area (Å²) in [6, 6.07) is 47.5. The second-order valence-corrected chi connectivity index (χ2v) is 11.0. The first kappa shape index (κ1) is 29.9. The van der Waals surface area contributed by atoms with Gasteiger partial charge in [0.1, 0.15) is 11.5 Å². The summed E-state index contributed by atoms with van der Waals surface area (Å²) in [5.74, 6) is 1.34. The number of aliphatic hydroxyl groups excluding tert-OH is 2. The predicted octanol–water partition coefficient (Wildman–Crippen LogP) is 8.87. The van der Waals surface area contributed by atoms with Crippen LogP contribution in [0.5, 0.6) is 11.5 Å². The Morgan fingerprint density at radius 1 is 0.489 bits per heavy atom. The Labute approximate surface area is 264 Å². The molecule has 0 bridgehead atoms. The molecule has 6 aromatic rings. The molecular weight excluding hydrogens is 556 g/mol. The lowest BCUT2D eigenvalue weighted by Crippen LogP contribution is -2.09. The summed E-state index contributed by atoms with van der Waals surface area (Å²) in [5, 5.41) is 20.2. The highest BCUT2D eigenvalue weighted by Gasteiger charge is 2.25. The van der Waals surface area contributed by atoms with Crippen LogP contribution in [0.1, 0.15) is 33.7 Å². The van der Waals surface area contributed by atoms with Crippen molar-refractivity contribution in [1.29, 1.82) is 0 Å². The molecule has 6 rings (SSSR count). The minimum Gasteiger partial charge on any atom is -0.497 e. The van der Waals surface area contributed by atoms with Gasteiger partial charge < -0.3 is 19.7 Å². The molecule has 45 heavy (non-hydrogen) atoms. The van der Waals surface area contributed by atoms with Crippen LogP contribution in [0.4, 0.5) is 0 Å². The minimum absolute atomic E-state index is 0.000359. The highest BCUT2D eigenvalue weighted by Crippen LogP contribution is 2.42. The molecular formula is C41H36O4. The number of hydrogen-bond donors (Lipinski definition) is 2. The van der Waals surface area contributed by atoms with Crippen LogP contribution in [0.2, 0.25) is 0 Å². The van der Waals surface area contributed by atoms with E-state index in [2.05, 4.69) is 66.7 Å². The van der Waals surface area contributed by atoms with Gasteiger partial charge in [-0.3, -0.25) is 0 Å². The van der Waals surface area contributed by atoms with E-state index in [1.54, 1.807) is 14.2 Å². The van der Waals surface area contributed by atoms with E-state index in [0.717, 1.165) is 72.7 Å². The Bertz CT molecular complexity index is 1760.